The molecule has 0 aliphatic heterocycles. The van der Waals surface area contributed by atoms with Crippen LogP contribution in [-0.2, 0) is 11.2 Å². The Hall–Kier alpha value is -3.22. The van der Waals surface area contributed by atoms with Gasteiger partial charge in [0, 0.05) is 25.0 Å². The maximum absolute atomic E-state index is 11.9. The largest absolute Gasteiger partial charge is 0.467 e. The number of ether oxygens (including phenoxy) is 1. The number of hydrogen-bond acceptors (Lipinski definition) is 5. The van der Waals surface area contributed by atoms with Crippen molar-refractivity contribution in [2.75, 3.05) is 13.2 Å². The topological polar surface area (TPSA) is 81.9 Å². The number of carbonyl (C=O) groups excluding carboxylic acids is 1. The molecule has 0 aliphatic carbocycles. The number of carbonyl (C=O) groups is 1. The summed E-state index contributed by atoms with van der Waals surface area (Å²) in [6, 6.07) is 13.4. The average Bonchev–Trinajstić information content (AvgIpc) is 3.15. The molecule has 7 nitrogen and oxygen atoms in total. The molecule has 2 heterocycles. The highest BCUT2D eigenvalue weighted by molar-refractivity contribution is 5.77. The fourth-order valence-electron chi connectivity index (χ4n) is 2.30. The lowest BCUT2D eigenvalue weighted by atomic mass is 10.1. The van der Waals surface area contributed by atoms with Crippen molar-refractivity contribution in [3.8, 4) is 11.7 Å². The van der Waals surface area contributed by atoms with E-state index in [1.807, 2.05) is 30.3 Å². The average molecular weight is 337 g/mol. The van der Waals surface area contributed by atoms with Crippen LogP contribution < -0.4 is 10.1 Å². The van der Waals surface area contributed by atoms with Gasteiger partial charge in [-0.25, -0.2) is 9.67 Å². The lowest BCUT2D eigenvalue weighted by molar-refractivity contribution is -0.123. The molecule has 0 unspecified atom stereocenters. The predicted octanol–water partition coefficient (Wildman–Crippen LogP) is 1.71. The molecule has 2 aromatic heterocycles. The van der Waals surface area contributed by atoms with Crippen LogP contribution in [0, 0.1) is 6.92 Å². The van der Waals surface area contributed by atoms with Crippen molar-refractivity contribution < 1.29 is 9.53 Å². The fourth-order valence-corrected chi connectivity index (χ4v) is 2.30. The van der Waals surface area contributed by atoms with Crippen LogP contribution in [-0.4, -0.2) is 38.8 Å². The van der Waals surface area contributed by atoms with Gasteiger partial charge in [-0.05, 0) is 25.0 Å². The molecule has 3 rings (SSSR count). The Balaban J connectivity index is 1.50. The molecule has 25 heavy (non-hydrogen) atoms. The monoisotopic (exact) mass is 337 g/mol. The molecule has 0 radical (unpaired) electrons. The highest BCUT2D eigenvalue weighted by Crippen LogP contribution is 2.12. The van der Waals surface area contributed by atoms with Crippen LogP contribution in [0.3, 0.4) is 0 Å². The standard InChI is InChI=1S/C18H19N5O2/c1-14-21-16(23-11-5-9-20-23)12-18(22-14)25-13-17(24)19-10-8-15-6-3-2-4-7-15/h2-7,9,11-12H,8,10,13H2,1H3,(H,19,24). The summed E-state index contributed by atoms with van der Waals surface area (Å²) < 4.78 is 7.10. The lowest BCUT2D eigenvalue weighted by Gasteiger charge is -2.09. The summed E-state index contributed by atoms with van der Waals surface area (Å²) in [5.74, 6) is 1.30. The van der Waals surface area contributed by atoms with Crippen LogP contribution in [0.4, 0.5) is 0 Å². The van der Waals surface area contributed by atoms with E-state index >= 15 is 0 Å². The first-order valence-electron chi connectivity index (χ1n) is 8.00. The minimum atomic E-state index is -0.187. The number of amides is 1. The third-order valence-corrected chi connectivity index (χ3v) is 3.47. The number of benzene rings is 1. The Kier molecular flexibility index (Phi) is 5.36. The van der Waals surface area contributed by atoms with E-state index in [0.717, 1.165) is 6.42 Å². The van der Waals surface area contributed by atoms with Crippen LogP contribution in [0.15, 0.2) is 54.9 Å². The zero-order valence-corrected chi connectivity index (χ0v) is 13.9. The maximum atomic E-state index is 11.9. The van der Waals surface area contributed by atoms with Gasteiger partial charge in [0.05, 0.1) is 0 Å². The predicted molar refractivity (Wildman–Crippen MR) is 92.5 cm³/mol. The summed E-state index contributed by atoms with van der Waals surface area (Å²) in [4.78, 5) is 20.4. The van der Waals surface area contributed by atoms with E-state index in [1.165, 1.54) is 5.56 Å². The number of nitrogens with one attached hydrogen (secondary N) is 1. The van der Waals surface area contributed by atoms with Crippen LogP contribution in [0.5, 0.6) is 5.88 Å². The number of aryl methyl sites for hydroxylation is 1. The molecule has 1 aromatic carbocycles. The van der Waals surface area contributed by atoms with Crippen LogP contribution in [0.2, 0.25) is 0 Å². The summed E-state index contributed by atoms with van der Waals surface area (Å²) >= 11 is 0. The van der Waals surface area contributed by atoms with Crippen molar-refractivity contribution in [3.05, 3.63) is 66.2 Å². The molecule has 0 saturated carbocycles. The Morgan fingerprint density at radius 1 is 1.20 bits per heavy atom. The Bertz CT molecular complexity index is 819. The number of rotatable bonds is 7. The fraction of sp³-hybridized carbons (Fsp3) is 0.222. The number of hydrogen-bond donors (Lipinski definition) is 1. The molecule has 0 saturated heterocycles. The maximum Gasteiger partial charge on any atom is 0.258 e. The quantitative estimate of drug-likeness (QED) is 0.710. The van der Waals surface area contributed by atoms with E-state index in [4.69, 9.17) is 4.74 Å². The van der Waals surface area contributed by atoms with Crippen LogP contribution in [0.1, 0.15) is 11.4 Å². The van der Waals surface area contributed by atoms with Crippen molar-refractivity contribution in [1.29, 1.82) is 0 Å². The summed E-state index contributed by atoms with van der Waals surface area (Å²) in [5.41, 5.74) is 1.18. The normalized spacial score (nSPS) is 10.4. The van der Waals surface area contributed by atoms with E-state index in [2.05, 4.69) is 20.4 Å². The first-order chi connectivity index (χ1) is 12.2. The Labute approximate surface area is 145 Å². The molecule has 0 atom stereocenters. The van der Waals surface area contributed by atoms with Gasteiger partial charge < -0.3 is 10.1 Å². The van der Waals surface area contributed by atoms with Gasteiger partial charge in [0.15, 0.2) is 12.4 Å². The number of nitrogens with zero attached hydrogens (tertiary/aromatic N) is 4. The van der Waals surface area contributed by atoms with Crippen molar-refractivity contribution in [2.45, 2.75) is 13.3 Å². The van der Waals surface area contributed by atoms with Crippen LogP contribution in [0.25, 0.3) is 5.82 Å². The highest BCUT2D eigenvalue weighted by Gasteiger charge is 2.08. The van der Waals surface area contributed by atoms with Gasteiger partial charge in [0.2, 0.25) is 5.88 Å². The lowest BCUT2D eigenvalue weighted by Crippen LogP contribution is -2.30. The first-order valence-corrected chi connectivity index (χ1v) is 8.00. The minimum absolute atomic E-state index is 0.0935. The molecule has 7 heteroatoms. The summed E-state index contributed by atoms with van der Waals surface area (Å²) in [6.07, 6.45) is 4.22. The second-order valence-corrected chi connectivity index (χ2v) is 5.44. The van der Waals surface area contributed by atoms with Gasteiger partial charge in [-0.1, -0.05) is 30.3 Å². The molecule has 0 bridgehead atoms. The van der Waals surface area contributed by atoms with Crippen molar-refractivity contribution in [1.82, 2.24) is 25.1 Å². The molecule has 0 fully saturated rings. The molecular formula is C18H19N5O2. The van der Waals surface area contributed by atoms with Gasteiger partial charge in [-0.3, -0.25) is 4.79 Å². The van der Waals surface area contributed by atoms with E-state index in [1.54, 1.807) is 36.1 Å². The van der Waals surface area contributed by atoms with Gasteiger partial charge in [0.1, 0.15) is 5.82 Å². The summed E-state index contributed by atoms with van der Waals surface area (Å²) in [7, 11) is 0. The molecule has 1 N–H and O–H groups in total. The first kappa shape index (κ1) is 16.6. The van der Waals surface area contributed by atoms with Crippen molar-refractivity contribution >= 4 is 5.91 Å². The van der Waals surface area contributed by atoms with Gasteiger partial charge in [-0.15, -0.1) is 0 Å². The summed E-state index contributed by atoms with van der Waals surface area (Å²) in [5, 5.41) is 6.96. The summed E-state index contributed by atoms with van der Waals surface area (Å²) in [6.45, 7) is 2.23. The molecule has 128 valence electrons. The minimum Gasteiger partial charge on any atom is -0.467 e. The molecule has 0 aliphatic rings. The number of aromatic nitrogens is 4. The molecule has 3 aromatic rings. The molecule has 0 spiro atoms. The smallest absolute Gasteiger partial charge is 0.258 e. The van der Waals surface area contributed by atoms with E-state index in [-0.39, 0.29) is 12.5 Å². The highest BCUT2D eigenvalue weighted by atomic mass is 16.5. The molecule has 1 amide bonds. The van der Waals surface area contributed by atoms with Gasteiger partial charge in [-0.2, -0.15) is 10.1 Å². The van der Waals surface area contributed by atoms with Crippen LogP contribution >= 0.6 is 0 Å². The van der Waals surface area contributed by atoms with Gasteiger partial charge >= 0.3 is 0 Å². The Morgan fingerprint density at radius 2 is 2.04 bits per heavy atom. The van der Waals surface area contributed by atoms with Crippen molar-refractivity contribution in [3.63, 3.8) is 0 Å². The molecular weight excluding hydrogens is 318 g/mol. The second kappa shape index (κ2) is 8.05. The van der Waals surface area contributed by atoms with E-state index < -0.39 is 0 Å². The third-order valence-electron chi connectivity index (χ3n) is 3.47. The second-order valence-electron chi connectivity index (χ2n) is 5.44. The van der Waals surface area contributed by atoms with Gasteiger partial charge in [0.25, 0.3) is 5.91 Å². The zero-order valence-electron chi connectivity index (χ0n) is 13.9. The third kappa shape index (κ3) is 4.87. The Morgan fingerprint density at radius 3 is 2.80 bits per heavy atom. The zero-order chi connectivity index (χ0) is 17.5. The SMILES string of the molecule is Cc1nc(OCC(=O)NCCc2ccccc2)cc(-n2cccn2)n1. The van der Waals surface area contributed by atoms with E-state index in [0.29, 0.717) is 24.1 Å². The van der Waals surface area contributed by atoms with E-state index in [9.17, 15) is 4.79 Å². The van der Waals surface area contributed by atoms with Crippen molar-refractivity contribution in [2.24, 2.45) is 0 Å².